The highest BCUT2D eigenvalue weighted by atomic mass is 127. The second-order valence-corrected chi connectivity index (χ2v) is 7.77. The minimum absolute atomic E-state index is 0. The van der Waals surface area contributed by atoms with Gasteiger partial charge >= 0.3 is 0 Å². The van der Waals surface area contributed by atoms with E-state index >= 15 is 0 Å². The minimum Gasteiger partial charge on any atom is -0.381 e. The van der Waals surface area contributed by atoms with Gasteiger partial charge in [0, 0.05) is 25.3 Å². The van der Waals surface area contributed by atoms with Crippen LogP contribution >= 0.6 is 24.0 Å². The quantitative estimate of drug-likeness (QED) is 0.339. The van der Waals surface area contributed by atoms with Crippen molar-refractivity contribution in [2.45, 2.75) is 51.1 Å². The van der Waals surface area contributed by atoms with Gasteiger partial charge in [0.15, 0.2) is 17.6 Å². The minimum atomic E-state index is -0.830. The third kappa shape index (κ3) is 6.24. The maximum Gasteiger partial charge on any atom is 0.191 e. The molecule has 1 unspecified atom stereocenters. The SMILES string of the molecule is CCNC(=NCC1(N2CCCC2)CCOCC1)NC(C)c1ccc(F)c(F)c1.I. The average molecular weight is 522 g/mol. The van der Waals surface area contributed by atoms with Crippen LogP contribution in [0.4, 0.5) is 8.78 Å². The van der Waals surface area contributed by atoms with Crippen LogP contribution in [0.5, 0.6) is 0 Å². The van der Waals surface area contributed by atoms with Crippen molar-refractivity contribution >= 4 is 29.9 Å². The first-order chi connectivity index (χ1) is 13.5. The first kappa shape index (κ1) is 24.3. The highest BCUT2D eigenvalue weighted by Crippen LogP contribution is 2.31. The number of benzene rings is 1. The van der Waals surface area contributed by atoms with Crippen molar-refractivity contribution in [2.24, 2.45) is 4.99 Å². The van der Waals surface area contributed by atoms with Gasteiger partial charge in [0.25, 0.3) is 0 Å². The van der Waals surface area contributed by atoms with Crippen molar-refractivity contribution in [3.05, 3.63) is 35.4 Å². The van der Waals surface area contributed by atoms with Crippen LogP contribution < -0.4 is 10.6 Å². The highest BCUT2D eigenvalue weighted by molar-refractivity contribution is 14.0. The smallest absolute Gasteiger partial charge is 0.191 e. The Morgan fingerprint density at radius 2 is 1.90 bits per heavy atom. The van der Waals surface area contributed by atoms with Crippen molar-refractivity contribution in [1.29, 1.82) is 0 Å². The Bertz CT molecular complexity index is 677. The zero-order valence-electron chi connectivity index (χ0n) is 17.3. The molecule has 0 amide bonds. The van der Waals surface area contributed by atoms with Gasteiger partial charge in [-0.25, -0.2) is 8.78 Å². The summed E-state index contributed by atoms with van der Waals surface area (Å²) in [7, 11) is 0. The van der Waals surface area contributed by atoms with Gasteiger partial charge in [0.2, 0.25) is 0 Å². The number of nitrogens with zero attached hydrogens (tertiary/aromatic N) is 2. The van der Waals surface area contributed by atoms with Gasteiger partial charge in [-0.1, -0.05) is 6.07 Å². The van der Waals surface area contributed by atoms with Crippen molar-refractivity contribution in [3.63, 3.8) is 0 Å². The normalized spacial score (nSPS) is 20.8. The monoisotopic (exact) mass is 522 g/mol. The fourth-order valence-corrected chi connectivity index (χ4v) is 4.13. The van der Waals surface area contributed by atoms with E-state index in [1.807, 2.05) is 13.8 Å². The van der Waals surface area contributed by atoms with Gasteiger partial charge in [-0.3, -0.25) is 9.89 Å². The zero-order chi connectivity index (χ0) is 20.0. The third-order valence-corrected chi connectivity index (χ3v) is 5.87. The average Bonchev–Trinajstić information content (AvgIpc) is 3.25. The van der Waals surface area contributed by atoms with Crippen molar-refractivity contribution in [2.75, 3.05) is 39.4 Å². The Balaban J connectivity index is 0.00000300. The first-order valence-electron chi connectivity index (χ1n) is 10.4. The number of rotatable bonds is 6. The molecular weight excluding hydrogens is 489 g/mol. The summed E-state index contributed by atoms with van der Waals surface area (Å²) in [6.07, 6.45) is 4.48. The standard InChI is InChI=1S/C21H32F2N4O.HI/c1-3-24-20(26-16(2)17-6-7-18(22)19(23)14-17)25-15-21(8-12-28-13-9-21)27-10-4-5-11-27;/h6-7,14,16H,3-5,8-13,15H2,1-2H3,(H2,24,25,26);1H. The van der Waals surface area contributed by atoms with Crippen LogP contribution in [0.15, 0.2) is 23.2 Å². The summed E-state index contributed by atoms with van der Waals surface area (Å²) in [5, 5.41) is 6.61. The lowest BCUT2D eigenvalue weighted by Crippen LogP contribution is -2.54. The lowest BCUT2D eigenvalue weighted by atomic mass is 9.88. The molecule has 1 atom stereocenters. The van der Waals surface area contributed by atoms with Crippen LogP contribution in [0.2, 0.25) is 0 Å². The summed E-state index contributed by atoms with van der Waals surface area (Å²) >= 11 is 0. The summed E-state index contributed by atoms with van der Waals surface area (Å²) in [5.74, 6) is -0.961. The number of hydrogen-bond donors (Lipinski definition) is 2. The molecule has 0 spiro atoms. The molecule has 2 aliphatic rings. The van der Waals surface area contributed by atoms with E-state index in [0.29, 0.717) is 18.1 Å². The number of hydrogen-bond acceptors (Lipinski definition) is 3. The van der Waals surface area contributed by atoms with Gasteiger partial charge in [-0.2, -0.15) is 0 Å². The van der Waals surface area contributed by atoms with Gasteiger partial charge in [0.05, 0.1) is 12.6 Å². The van der Waals surface area contributed by atoms with E-state index < -0.39 is 11.6 Å². The molecule has 2 fully saturated rings. The van der Waals surface area contributed by atoms with Crippen LogP contribution in [0.25, 0.3) is 0 Å². The topological polar surface area (TPSA) is 48.9 Å². The fraction of sp³-hybridized carbons (Fsp3) is 0.667. The summed E-state index contributed by atoms with van der Waals surface area (Å²) in [6, 6.07) is 3.81. The Labute approximate surface area is 189 Å². The highest BCUT2D eigenvalue weighted by Gasteiger charge is 2.39. The second-order valence-electron chi connectivity index (χ2n) is 7.77. The lowest BCUT2D eigenvalue weighted by Gasteiger charge is -2.43. The van der Waals surface area contributed by atoms with E-state index in [4.69, 9.17) is 9.73 Å². The van der Waals surface area contributed by atoms with Crippen molar-refractivity contribution in [1.82, 2.24) is 15.5 Å². The summed E-state index contributed by atoms with van der Waals surface area (Å²) in [5.41, 5.74) is 0.743. The number of likely N-dealkylation sites (tertiary alicyclic amines) is 1. The number of aliphatic imine (C=N–C) groups is 1. The molecule has 3 rings (SSSR count). The van der Waals surface area contributed by atoms with E-state index in [1.165, 1.54) is 18.9 Å². The maximum absolute atomic E-state index is 13.6. The lowest BCUT2D eigenvalue weighted by molar-refractivity contribution is -0.0139. The van der Waals surface area contributed by atoms with E-state index in [0.717, 1.165) is 51.8 Å². The Morgan fingerprint density at radius 3 is 2.52 bits per heavy atom. The third-order valence-electron chi connectivity index (χ3n) is 5.87. The molecule has 5 nitrogen and oxygen atoms in total. The van der Waals surface area contributed by atoms with Gasteiger partial charge in [-0.05, 0) is 70.3 Å². The largest absolute Gasteiger partial charge is 0.381 e. The first-order valence-corrected chi connectivity index (χ1v) is 10.4. The molecule has 0 saturated carbocycles. The predicted molar refractivity (Wildman–Crippen MR) is 123 cm³/mol. The van der Waals surface area contributed by atoms with Crippen LogP contribution in [0, 0.1) is 11.6 Å². The van der Waals surface area contributed by atoms with Crippen LogP contribution in [0.1, 0.15) is 51.1 Å². The molecule has 0 aromatic heterocycles. The molecule has 29 heavy (non-hydrogen) atoms. The molecule has 1 aromatic carbocycles. The molecule has 2 aliphatic heterocycles. The fourth-order valence-electron chi connectivity index (χ4n) is 4.13. The zero-order valence-corrected chi connectivity index (χ0v) is 19.7. The number of halogens is 3. The van der Waals surface area contributed by atoms with Gasteiger partial charge in [-0.15, -0.1) is 24.0 Å². The molecule has 0 radical (unpaired) electrons. The van der Waals surface area contributed by atoms with E-state index in [9.17, 15) is 8.78 Å². The second kappa shape index (κ2) is 11.4. The molecule has 8 heteroatoms. The van der Waals surface area contributed by atoms with Gasteiger partial charge < -0.3 is 15.4 Å². The summed E-state index contributed by atoms with van der Waals surface area (Å²) < 4.78 is 32.4. The molecule has 1 aromatic rings. The molecule has 164 valence electrons. The number of ether oxygens (including phenoxy) is 1. The molecule has 2 N–H and O–H groups in total. The molecule has 0 bridgehead atoms. The van der Waals surface area contributed by atoms with Crippen molar-refractivity contribution < 1.29 is 13.5 Å². The van der Waals surface area contributed by atoms with E-state index in [-0.39, 0.29) is 35.6 Å². The van der Waals surface area contributed by atoms with Crippen LogP contribution in [-0.2, 0) is 4.74 Å². The molecule has 2 heterocycles. The van der Waals surface area contributed by atoms with Crippen LogP contribution in [0.3, 0.4) is 0 Å². The summed E-state index contributed by atoms with van der Waals surface area (Å²) in [4.78, 5) is 7.47. The Kier molecular flexibility index (Phi) is 9.55. The number of guanidine groups is 1. The summed E-state index contributed by atoms with van der Waals surface area (Å²) in [6.45, 7) is 9.19. The molecule has 0 aliphatic carbocycles. The molecule has 2 saturated heterocycles. The van der Waals surface area contributed by atoms with E-state index in [2.05, 4.69) is 15.5 Å². The van der Waals surface area contributed by atoms with Crippen molar-refractivity contribution in [3.8, 4) is 0 Å². The Morgan fingerprint density at radius 1 is 1.21 bits per heavy atom. The van der Waals surface area contributed by atoms with Gasteiger partial charge in [0.1, 0.15) is 0 Å². The number of nitrogens with one attached hydrogen (secondary N) is 2. The Hall–Kier alpha value is -1.00. The maximum atomic E-state index is 13.6. The van der Waals surface area contributed by atoms with E-state index in [1.54, 1.807) is 6.07 Å². The van der Waals surface area contributed by atoms with Crippen LogP contribution in [-0.4, -0.2) is 55.8 Å². The predicted octanol–water partition coefficient (Wildman–Crippen LogP) is 3.84. The molecular formula is C21H33F2IN4O.